The average molecular weight is 452 g/mol. The Morgan fingerprint density at radius 1 is 0.875 bits per heavy atom. The van der Waals surface area contributed by atoms with Gasteiger partial charge in [0.15, 0.2) is 11.5 Å². The highest BCUT2D eigenvalue weighted by atomic mass is 32.2. The van der Waals surface area contributed by atoms with Gasteiger partial charge in [0.05, 0.1) is 49.5 Å². The van der Waals surface area contributed by atoms with E-state index in [1.165, 1.54) is 38.0 Å². The summed E-state index contributed by atoms with van der Waals surface area (Å²) in [6.07, 6.45) is 1.57. The molecule has 0 unspecified atom stereocenters. The zero-order chi connectivity index (χ0) is 22.7. The number of methoxy groups -OCH3 is 3. The van der Waals surface area contributed by atoms with Crippen molar-refractivity contribution in [3.8, 4) is 17.2 Å². The quantitative estimate of drug-likeness (QED) is 0.466. The molecule has 0 radical (unpaired) electrons. The van der Waals surface area contributed by atoms with E-state index in [4.69, 9.17) is 18.6 Å². The summed E-state index contributed by atoms with van der Waals surface area (Å²) < 4.78 is 21.4. The summed E-state index contributed by atoms with van der Waals surface area (Å²) in [5, 5.41) is 0. The lowest BCUT2D eigenvalue weighted by atomic mass is 10.1. The summed E-state index contributed by atoms with van der Waals surface area (Å²) >= 11 is 1.26. The number of furan rings is 1. The van der Waals surface area contributed by atoms with E-state index in [1.54, 1.807) is 54.8 Å². The molecular formula is C24H21NO6S. The van der Waals surface area contributed by atoms with Crippen LogP contribution in [-0.4, -0.2) is 33.1 Å². The molecule has 32 heavy (non-hydrogen) atoms. The van der Waals surface area contributed by atoms with Gasteiger partial charge in [-0.15, -0.1) is 11.8 Å². The first-order valence-corrected chi connectivity index (χ1v) is 10.7. The van der Waals surface area contributed by atoms with Crippen LogP contribution >= 0.6 is 11.8 Å². The zero-order valence-corrected chi connectivity index (χ0v) is 18.6. The highest BCUT2D eigenvalue weighted by Gasteiger charge is 2.40. The SMILES string of the molecule is COc1cccc(N2C(=O)C(SCc3ccco3)=C(c3ccc(OC)c(OC)c3)C2=O)c1. The van der Waals surface area contributed by atoms with Gasteiger partial charge in [-0.2, -0.15) is 0 Å². The van der Waals surface area contributed by atoms with E-state index in [0.717, 1.165) is 0 Å². The predicted octanol–water partition coefficient (Wildman–Crippen LogP) is 4.52. The summed E-state index contributed by atoms with van der Waals surface area (Å²) in [5.41, 5.74) is 1.30. The standard InChI is InChI=1S/C24H21NO6S/c1-28-17-7-4-6-16(13-17)25-23(26)21(15-9-10-19(29-2)20(12-15)30-3)22(24(25)27)32-14-18-8-5-11-31-18/h4-13H,14H2,1-3H3. The lowest BCUT2D eigenvalue weighted by Gasteiger charge is -2.16. The maximum Gasteiger partial charge on any atom is 0.272 e. The zero-order valence-electron chi connectivity index (χ0n) is 17.8. The van der Waals surface area contributed by atoms with Crippen LogP contribution < -0.4 is 19.1 Å². The van der Waals surface area contributed by atoms with Crippen LogP contribution in [0.4, 0.5) is 5.69 Å². The van der Waals surface area contributed by atoms with Gasteiger partial charge in [-0.25, -0.2) is 4.90 Å². The fraction of sp³-hybridized carbons (Fsp3) is 0.167. The topological polar surface area (TPSA) is 78.2 Å². The Hall–Kier alpha value is -3.65. The lowest BCUT2D eigenvalue weighted by Crippen LogP contribution is -2.31. The summed E-state index contributed by atoms with van der Waals surface area (Å²) in [5.74, 6) is 1.84. The Bertz CT molecular complexity index is 1180. The third-order valence-corrected chi connectivity index (χ3v) is 6.06. The molecule has 0 saturated carbocycles. The van der Waals surface area contributed by atoms with E-state index < -0.39 is 11.8 Å². The van der Waals surface area contributed by atoms with Crippen molar-refractivity contribution in [1.82, 2.24) is 0 Å². The van der Waals surface area contributed by atoms with Crippen LogP contribution in [0.15, 0.2) is 70.2 Å². The van der Waals surface area contributed by atoms with E-state index >= 15 is 0 Å². The molecule has 164 valence electrons. The van der Waals surface area contributed by atoms with Gasteiger partial charge in [0.25, 0.3) is 11.8 Å². The van der Waals surface area contributed by atoms with Gasteiger partial charge in [-0.1, -0.05) is 12.1 Å². The fourth-order valence-corrected chi connectivity index (χ4v) is 4.43. The fourth-order valence-electron chi connectivity index (χ4n) is 3.41. The van der Waals surface area contributed by atoms with Crippen molar-refractivity contribution >= 4 is 34.8 Å². The van der Waals surface area contributed by atoms with Crippen molar-refractivity contribution in [2.75, 3.05) is 26.2 Å². The number of amides is 2. The average Bonchev–Trinajstić information content (AvgIpc) is 3.43. The highest BCUT2D eigenvalue weighted by Crippen LogP contribution is 2.42. The van der Waals surface area contributed by atoms with Crippen LogP contribution in [0.3, 0.4) is 0 Å². The van der Waals surface area contributed by atoms with E-state index in [9.17, 15) is 9.59 Å². The van der Waals surface area contributed by atoms with Crippen molar-refractivity contribution < 1.29 is 28.2 Å². The summed E-state index contributed by atoms with van der Waals surface area (Å²) in [4.78, 5) is 28.5. The van der Waals surface area contributed by atoms with Crippen molar-refractivity contribution in [3.63, 3.8) is 0 Å². The Labute approximate surface area is 189 Å². The number of carbonyl (C=O) groups excluding carboxylic acids is 2. The molecule has 1 aromatic heterocycles. The van der Waals surface area contributed by atoms with Crippen molar-refractivity contribution in [1.29, 1.82) is 0 Å². The molecule has 0 bridgehead atoms. The van der Waals surface area contributed by atoms with Crippen LogP contribution in [0, 0.1) is 0 Å². The number of imide groups is 1. The molecule has 8 heteroatoms. The van der Waals surface area contributed by atoms with Crippen molar-refractivity contribution in [2.24, 2.45) is 0 Å². The largest absolute Gasteiger partial charge is 0.497 e. The normalized spacial score (nSPS) is 13.7. The predicted molar refractivity (Wildman–Crippen MR) is 122 cm³/mol. The Morgan fingerprint density at radius 2 is 1.69 bits per heavy atom. The molecule has 2 heterocycles. The van der Waals surface area contributed by atoms with E-state index in [2.05, 4.69) is 0 Å². The molecule has 0 N–H and O–H groups in total. The first kappa shape index (κ1) is 21.6. The molecule has 2 amide bonds. The van der Waals surface area contributed by atoms with Gasteiger partial charge >= 0.3 is 0 Å². The van der Waals surface area contributed by atoms with Crippen LogP contribution in [0.2, 0.25) is 0 Å². The number of carbonyl (C=O) groups is 2. The minimum Gasteiger partial charge on any atom is -0.497 e. The number of benzene rings is 2. The molecule has 0 spiro atoms. The number of hydrogen-bond acceptors (Lipinski definition) is 7. The smallest absolute Gasteiger partial charge is 0.272 e. The first-order chi connectivity index (χ1) is 15.6. The summed E-state index contributed by atoms with van der Waals surface area (Å²) in [7, 11) is 4.59. The molecule has 0 fully saturated rings. The number of hydrogen-bond donors (Lipinski definition) is 0. The molecule has 1 aliphatic rings. The van der Waals surface area contributed by atoms with E-state index in [1.807, 2.05) is 6.07 Å². The molecule has 0 aliphatic carbocycles. The summed E-state index contributed by atoms with van der Waals surface area (Å²) in [6, 6.07) is 15.6. The molecule has 3 aromatic rings. The summed E-state index contributed by atoms with van der Waals surface area (Å²) in [6.45, 7) is 0. The van der Waals surface area contributed by atoms with E-state index in [-0.39, 0.29) is 0 Å². The molecule has 0 saturated heterocycles. The minimum atomic E-state index is -0.419. The number of rotatable bonds is 8. The maximum absolute atomic E-state index is 13.5. The third kappa shape index (κ3) is 3.97. The Kier molecular flexibility index (Phi) is 6.23. The monoisotopic (exact) mass is 451 g/mol. The number of ether oxygens (including phenoxy) is 3. The van der Waals surface area contributed by atoms with Crippen LogP contribution in [0.1, 0.15) is 11.3 Å². The maximum atomic E-state index is 13.5. The number of nitrogens with zero attached hydrogens (tertiary/aromatic N) is 1. The van der Waals surface area contributed by atoms with Crippen molar-refractivity contribution in [3.05, 3.63) is 77.1 Å². The Balaban J connectivity index is 1.79. The number of thioether (sulfide) groups is 1. The van der Waals surface area contributed by atoms with Gasteiger partial charge in [-0.05, 0) is 42.0 Å². The van der Waals surface area contributed by atoms with Gasteiger partial charge in [0, 0.05) is 6.07 Å². The number of anilines is 1. The van der Waals surface area contributed by atoms with Gasteiger partial charge in [0.2, 0.25) is 0 Å². The first-order valence-electron chi connectivity index (χ1n) is 9.72. The Morgan fingerprint density at radius 3 is 2.38 bits per heavy atom. The molecule has 1 aliphatic heterocycles. The molecule has 4 rings (SSSR count). The van der Waals surface area contributed by atoms with Crippen molar-refractivity contribution in [2.45, 2.75) is 5.75 Å². The van der Waals surface area contributed by atoms with Gasteiger partial charge in [-0.3, -0.25) is 9.59 Å². The second-order valence-corrected chi connectivity index (χ2v) is 7.77. The van der Waals surface area contributed by atoms with Crippen LogP contribution in [-0.2, 0) is 15.3 Å². The highest BCUT2D eigenvalue weighted by molar-refractivity contribution is 8.03. The third-order valence-electron chi connectivity index (χ3n) is 4.96. The second kappa shape index (κ2) is 9.23. The van der Waals surface area contributed by atoms with Gasteiger partial charge in [0.1, 0.15) is 11.5 Å². The lowest BCUT2D eigenvalue weighted by molar-refractivity contribution is -0.119. The minimum absolute atomic E-state index is 0.301. The molecular weight excluding hydrogens is 430 g/mol. The second-order valence-electron chi connectivity index (χ2n) is 6.79. The molecule has 0 atom stereocenters. The molecule has 2 aromatic carbocycles. The molecule has 7 nitrogen and oxygen atoms in total. The van der Waals surface area contributed by atoms with Crippen LogP contribution in [0.25, 0.3) is 5.57 Å². The van der Waals surface area contributed by atoms with Crippen LogP contribution in [0.5, 0.6) is 17.2 Å². The van der Waals surface area contributed by atoms with Gasteiger partial charge < -0.3 is 18.6 Å². The van der Waals surface area contributed by atoms with E-state index in [0.29, 0.717) is 50.5 Å².